The molecule has 2 fully saturated rings. The molecule has 18 heavy (non-hydrogen) atoms. The predicted molar refractivity (Wildman–Crippen MR) is 65.8 cm³/mol. The summed E-state index contributed by atoms with van der Waals surface area (Å²) in [5, 5.41) is 10.3. The monoisotopic (exact) mass is 254 g/mol. The van der Waals surface area contributed by atoms with Gasteiger partial charge in [0.25, 0.3) is 0 Å². The van der Waals surface area contributed by atoms with Crippen molar-refractivity contribution >= 4 is 11.8 Å². The number of hydrogen-bond acceptors (Lipinski definition) is 4. The van der Waals surface area contributed by atoms with Crippen LogP contribution in [0.3, 0.4) is 0 Å². The third-order valence-corrected chi connectivity index (χ3v) is 4.50. The van der Waals surface area contributed by atoms with E-state index in [2.05, 4.69) is 0 Å². The van der Waals surface area contributed by atoms with Gasteiger partial charge in [0.15, 0.2) is 0 Å². The highest BCUT2D eigenvalue weighted by Gasteiger charge is 2.48. The van der Waals surface area contributed by atoms with Gasteiger partial charge < -0.3 is 9.84 Å². The number of carbonyl (C=O) groups excluding carboxylic acids is 2. The summed E-state index contributed by atoms with van der Waals surface area (Å²) in [4.78, 5) is 23.8. The zero-order chi connectivity index (χ0) is 13.1. The normalized spacial score (nSPS) is 37.3. The van der Waals surface area contributed by atoms with E-state index >= 15 is 0 Å². The van der Waals surface area contributed by atoms with E-state index in [4.69, 9.17) is 4.74 Å². The van der Waals surface area contributed by atoms with Crippen LogP contribution < -0.4 is 0 Å². The van der Waals surface area contributed by atoms with Crippen LogP contribution in [0.4, 0.5) is 0 Å². The van der Waals surface area contributed by atoms with E-state index in [0.29, 0.717) is 12.8 Å². The molecule has 2 rings (SSSR count). The molecule has 0 aromatic rings. The summed E-state index contributed by atoms with van der Waals surface area (Å²) < 4.78 is 4.72. The van der Waals surface area contributed by atoms with Crippen LogP contribution in [0.1, 0.15) is 44.9 Å². The SMILES string of the molecule is COC(=O)C1CC2C(=O)CCCCCCC2C1O. The minimum absolute atomic E-state index is 0.0419. The Bertz CT molecular complexity index is 326. The summed E-state index contributed by atoms with van der Waals surface area (Å²) in [5.41, 5.74) is 0. The molecule has 0 heterocycles. The van der Waals surface area contributed by atoms with Gasteiger partial charge in [0.1, 0.15) is 5.78 Å². The molecule has 4 atom stereocenters. The van der Waals surface area contributed by atoms with Gasteiger partial charge in [-0.25, -0.2) is 0 Å². The number of carbonyl (C=O) groups is 2. The minimum Gasteiger partial charge on any atom is -0.469 e. The topological polar surface area (TPSA) is 63.6 Å². The predicted octanol–water partition coefficient (Wildman–Crippen LogP) is 1.70. The number of rotatable bonds is 1. The lowest BCUT2D eigenvalue weighted by molar-refractivity contribution is -0.148. The van der Waals surface area contributed by atoms with Crippen LogP contribution in [0, 0.1) is 17.8 Å². The molecule has 4 unspecified atom stereocenters. The van der Waals surface area contributed by atoms with Gasteiger partial charge in [0.05, 0.1) is 19.1 Å². The van der Waals surface area contributed by atoms with Crippen molar-refractivity contribution in [1.29, 1.82) is 0 Å². The van der Waals surface area contributed by atoms with Crippen LogP contribution in [-0.2, 0) is 14.3 Å². The minimum atomic E-state index is -0.704. The van der Waals surface area contributed by atoms with E-state index in [1.807, 2.05) is 0 Å². The number of aliphatic hydroxyl groups is 1. The van der Waals surface area contributed by atoms with E-state index in [-0.39, 0.29) is 23.6 Å². The smallest absolute Gasteiger partial charge is 0.311 e. The molecule has 0 aromatic carbocycles. The van der Waals surface area contributed by atoms with E-state index in [0.717, 1.165) is 32.1 Å². The summed E-state index contributed by atoms with van der Waals surface area (Å²) >= 11 is 0. The van der Waals surface area contributed by atoms with Crippen LogP contribution in [0.2, 0.25) is 0 Å². The molecule has 102 valence electrons. The average molecular weight is 254 g/mol. The highest BCUT2D eigenvalue weighted by Crippen LogP contribution is 2.42. The number of ketones is 1. The molecule has 0 aromatic heterocycles. The van der Waals surface area contributed by atoms with Crippen molar-refractivity contribution in [3.8, 4) is 0 Å². The van der Waals surface area contributed by atoms with Crippen molar-refractivity contribution in [2.24, 2.45) is 17.8 Å². The molecule has 2 aliphatic rings. The van der Waals surface area contributed by atoms with Gasteiger partial charge in [0, 0.05) is 12.3 Å². The highest BCUT2D eigenvalue weighted by molar-refractivity contribution is 5.83. The quantitative estimate of drug-likeness (QED) is 0.723. The lowest BCUT2D eigenvalue weighted by Crippen LogP contribution is -2.29. The fourth-order valence-electron chi connectivity index (χ4n) is 3.47. The maximum absolute atomic E-state index is 12.1. The van der Waals surface area contributed by atoms with Gasteiger partial charge in [-0.2, -0.15) is 0 Å². The van der Waals surface area contributed by atoms with Crippen molar-refractivity contribution in [3.63, 3.8) is 0 Å². The number of ether oxygens (including phenoxy) is 1. The first-order valence-electron chi connectivity index (χ1n) is 6.93. The molecule has 0 amide bonds. The largest absolute Gasteiger partial charge is 0.469 e. The Kier molecular flexibility index (Phi) is 4.38. The molecular formula is C14H22O4. The first kappa shape index (κ1) is 13.5. The third kappa shape index (κ3) is 2.58. The Labute approximate surface area is 108 Å². The molecule has 0 radical (unpaired) electrons. The lowest BCUT2D eigenvalue weighted by Gasteiger charge is -2.20. The first-order valence-corrected chi connectivity index (χ1v) is 6.93. The second kappa shape index (κ2) is 5.83. The van der Waals surface area contributed by atoms with E-state index < -0.39 is 12.0 Å². The van der Waals surface area contributed by atoms with E-state index in [9.17, 15) is 14.7 Å². The highest BCUT2D eigenvalue weighted by atomic mass is 16.5. The number of aliphatic hydroxyl groups excluding tert-OH is 1. The maximum Gasteiger partial charge on any atom is 0.311 e. The maximum atomic E-state index is 12.1. The average Bonchev–Trinajstić information content (AvgIpc) is 2.72. The Morgan fingerprint density at radius 3 is 2.72 bits per heavy atom. The number of fused-ring (bicyclic) bond motifs is 1. The van der Waals surface area contributed by atoms with Crippen molar-refractivity contribution in [3.05, 3.63) is 0 Å². The molecular weight excluding hydrogens is 232 g/mol. The van der Waals surface area contributed by atoms with Crippen LogP contribution in [0.5, 0.6) is 0 Å². The van der Waals surface area contributed by atoms with Crippen molar-refractivity contribution in [1.82, 2.24) is 0 Å². The van der Waals surface area contributed by atoms with Gasteiger partial charge in [0.2, 0.25) is 0 Å². The molecule has 2 aliphatic carbocycles. The number of Topliss-reactive ketones (excluding diaryl/α,β-unsaturated/α-hetero) is 1. The zero-order valence-corrected chi connectivity index (χ0v) is 10.9. The Balaban J connectivity index is 2.14. The summed E-state index contributed by atoms with van der Waals surface area (Å²) in [5.74, 6) is -0.831. The first-order chi connectivity index (χ1) is 8.65. The lowest BCUT2D eigenvalue weighted by atomic mass is 9.86. The second-order valence-electron chi connectivity index (χ2n) is 5.55. The van der Waals surface area contributed by atoms with Crippen molar-refractivity contribution in [2.75, 3.05) is 7.11 Å². The zero-order valence-electron chi connectivity index (χ0n) is 10.9. The molecule has 0 spiro atoms. The Morgan fingerprint density at radius 1 is 1.28 bits per heavy atom. The number of methoxy groups -OCH3 is 1. The van der Waals surface area contributed by atoms with Crippen LogP contribution >= 0.6 is 0 Å². The Hall–Kier alpha value is -0.900. The van der Waals surface area contributed by atoms with Crippen LogP contribution in [-0.4, -0.2) is 30.1 Å². The number of esters is 1. The van der Waals surface area contributed by atoms with Crippen LogP contribution in [0.15, 0.2) is 0 Å². The summed E-state index contributed by atoms with van der Waals surface area (Å²) in [7, 11) is 1.34. The number of hydrogen-bond donors (Lipinski definition) is 1. The third-order valence-electron chi connectivity index (χ3n) is 4.50. The summed E-state index contributed by atoms with van der Waals surface area (Å²) in [6, 6.07) is 0. The molecule has 4 nitrogen and oxygen atoms in total. The second-order valence-corrected chi connectivity index (χ2v) is 5.55. The van der Waals surface area contributed by atoms with Gasteiger partial charge in [-0.1, -0.05) is 19.3 Å². The van der Waals surface area contributed by atoms with Gasteiger partial charge >= 0.3 is 5.97 Å². The fourth-order valence-corrected chi connectivity index (χ4v) is 3.47. The van der Waals surface area contributed by atoms with Crippen molar-refractivity contribution < 1.29 is 19.4 Å². The molecule has 0 saturated heterocycles. The van der Waals surface area contributed by atoms with Crippen molar-refractivity contribution in [2.45, 2.75) is 51.0 Å². The molecule has 4 heteroatoms. The van der Waals surface area contributed by atoms with Gasteiger partial charge in [-0.05, 0) is 25.2 Å². The fraction of sp³-hybridized carbons (Fsp3) is 0.857. The van der Waals surface area contributed by atoms with Crippen LogP contribution in [0.25, 0.3) is 0 Å². The Morgan fingerprint density at radius 2 is 2.00 bits per heavy atom. The molecule has 0 bridgehead atoms. The summed E-state index contributed by atoms with van der Waals surface area (Å²) in [6.45, 7) is 0. The standard InChI is InChI=1S/C14H22O4/c1-18-14(17)11-8-10-9(13(11)16)6-4-2-3-5-7-12(10)15/h9-11,13,16H,2-8H2,1H3. The summed E-state index contributed by atoms with van der Waals surface area (Å²) in [6.07, 6.45) is 5.42. The van der Waals surface area contributed by atoms with Gasteiger partial charge in [-0.3, -0.25) is 9.59 Å². The van der Waals surface area contributed by atoms with E-state index in [1.165, 1.54) is 7.11 Å². The molecule has 1 N–H and O–H groups in total. The van der Waals surface area contributed by atoms with E-state index in [1.54, 1.807) is 0 Å². The van der Waals surface area contributed by atoms with Gasteiger partial charge in [-0.15, -0.1) is 0 Å². The molecule has 0 aliphatic heterocycles. The molecule has 2 saturated carbocycles.